The second-order valence-electron chi connectivity index (χ2n) is 4.23. The first kappa shape index (κ1) is 17.2. The molecule has 21 heavy (non-hydrogen) atoms. The largest absolute Gasteiger partial charge is 0.433 e. The summed E-state index contributed by atoms with van der Waals surface area (Å²) in [4.78, 5) is 13.0. The first-order valence-electron chi connectivity index (χ1n) is 6.39. The Labute approximate surface area is 119 Å². The Hall–Kier alpha value is -1.90. The van der Waals surface area contributed by atoms with Gasteiger partial charge in [-0.1, -0.05) is 13.3 Å². The lowest BCUT2D eigenvalue weighted by atomic mass is 10.2. The van der Waals surface area contributed by atoms with E-state index in [0.717, 1.165) is 12.8 Å². The second kappa shape index (κ2) is 7.77. The number of ether oxygens (including phenoxy) is 1. The number of halogens is 3. The number of anilines is 1. The van der Waals surface area contributed by atoms with Crippen molar-refractivity contribution in [3.05, 3.63) is 28.1 Å². The van der Waals surface area contributed by atoms with Crippen LogP contribution in [0.2, 0.25) is 0 Å². The van der Waals surface area contributed by atoms with Gasteiger partial charge in [-0.2, -0.15) is 13.2 Å². The number of nitrogens with zero attached hydrogens (tertiary/aromatic N) is 2. The monoisotopic (exact) mass is 307 g/mol. The normalized spacial score (nSPS) is 11.4. The van der Waals surface area contributed by atoms with Gasteiger partial charge in [0.2, 0.25) is 0 Å². The van der Waals surface area contributed by atoms with Crippen molar-refractivity contribution in [3.63, 3.8) is 0 Å². The summed E-state index contributed by atoms with van der Waals surface area (Å²) in [5.74, 6) is 0. The molecule has 0 aliphatic rings. The van der Waals surface area contributed by atoms with Gasteiger partial charge < -0.3 is 10.1 Å². The third-order valence-corrected chi connectivity index (χ3v) is 2.57. The fraction of sp³-hybridized carbons (Fsp3) is 0.583. The second-order valence-corrected chi connectivity index (χ2v) is 4.23. The number of alkyl halides is 3. The van der Waals surface area contributed by atoms with Crippen molar-refractivity contribution < 1.29 is 22.8 Å². The van der Waals surface area contributed by atoms with Crippen LogP contribution in [0.15, 0.2) is 12.3 Å². The van der Waals surface area contributed by atoms with Crippen LogP contribution in [-0.4, -0.2) is 29.7 Å². The van der Waals surface area contributed by atoms with Crippen LogP contribution in [0.25, 0.3) is 0 Å². The Morgan fingerprint density at radius 1 is 1.43 bits per heavy atom. The third-order valence-electron chi connectivity index (χ3n) is 2.57. The number of nitrogens with one attached hydrogen (secondary N) is 1. The summed E-state index contributed by atoms with van der Waals surface area (Å²) in [5, 5.41) is 13.3. The standard InChI is InChI=1S/C12H16F3N3O3/c1-2-3-5-21-6-4-16-9-7-11(12(13,14)15)17-8-10(9)18(19)20/h7-8H,2-6H2,1H3,(H,16,17). The molecule has 9 heteroatoms. The molecule has 0 saturated heterocycles. The molecule has 0 bridgehead atoms. The maximum absolute atomic E-state index is 12.5. The molecule has 1 N–H and O–H groups in total. The zero-order chi connectivity index (χ0) is 15.9. The molecule has 1 aromatic heterocycles. The average molecular weight is 307 g/mol. The maximum Gasteiger partial charge on any atom is 0.433 e. The summed E-state index contributed by atoms with van der Waals surface area (Å²) >= 11 is 0. The molecule has 0 unspecified atom stereocenters. The molecule has 0 atom stereocenters. The van der Waals surface area contributed by atoms with Crippen molar-refractivity contribution in [1.82, 2.24) is 4.98 Å². The van der Waals surface area contributed by atoms with E-state index in [4.69, 9.17) is 4.74 Å². The molecule has 0 spiro atoms. The molecular formula is C12H16F3N3O3. The Morgan fingerprint density at radius 3 is 2.71 bits per heavy atom. The number of unbranched alkanes of at least 4 members (excludes halogenated alkanes) is 1. The third kappa shape index (κ3) is 5.54. The van der Waals surface area contributed by atoms with Crippen molar-refractivity contribution in [3.8, 4) is 0 Å². The van der Waals surface area contributed by atoms with Gasteiger partial charge in [0.15, 0.2) is 0 Å². The summed E-state index contributed by atoms with van der Waals surface area (Å²) in [5.41, 5.74) is -1.90. The van der Waals surface area contributed by atoms with Crippen molar-refractivity contribution in [2.75, 3.05) is 25.1 Å². The number of rotatable bonds is 8. The maximum atomic E-state index is 12.5. The van der Waals surface area contributed by atoms with Gasteiger partial charge in [0.25, 0.3) is 0 Å². The quantitative estimate of drug-likeness (QED) is 0.453. The number of hydrogen-bond donors (Lipinski definition) is 1. The van der Waals surface area contributed by atoms with Crippen LogP contribution in [0.5, 0.6) is 0 Å². The van der Waals surface area contributed by atoms with Gasteiger partial charge in [-0.25, -0.2) is 4.98 Å². The minimum Gasteiger partial charge on any atom is -0.380 e. The topological polar surface area (TPSA) is 77.3 Å². The summed E-state index contributed by atoms with van der Waals surface area (Å²) in [7, 11) is 0. The predicted molar refractivity (Wildman–Crippen MR) is 70.1 cm³/mol. The van der Waals surface area contributed by atoms with Crippen LogP contribution in [0.3, 0.4) is 0 Å². The van der Waals surface area contributed by atoms with Crippen LogP contribution in [0.1, 0.15) is 25.5 Å². The van der Waals surface area contributed by atoms with Crippen molar-refractivity contribution in [2.24, 2.45) is 0 Å². The fourth-order valence-electron chi connectivity index (χ4n) is 1.50. The van der Waals surface area contributed by atoms with Gasteiger partial charge >= 0.3 is 11.9 Å². The molecule has 0 radical (unpaired) electrons. The van der Waals surface area contributed by atoms with E-state index >= 15 is 0 Å². The SMILES string of the molecule is CCCCOCCNc1cc(C(F)(F)F)ncc1[N+](=O)[O-]. The van der Waals surface area contributed by atoms with E-state index in [2.05, 4.69) is 10.3 Å². The molecule has 0 fully saturated rings. The van der Waals surface area contributed by atoms with Crippen molar-refractivity contribution in [2.45, 2.75) is 25.9 Å². The molecule has 1 aromatic rings. The van der Waals surface area contributed by atoms with Gasteiger partial charge in [0, 0.05) is 13.2 Å². The lowest BCUT2D eigenvalue weighted by Gasteiger charge is -2.10. The van der Waals surface area contributed by atoms with E-state index in [9.17, 15) is 23.3 Å². The highest BCUT2D eigenvalue weighted by Crippen LogP contribution is 2.32. The molecule has 1 heterocycles. The fourth-order valence-corrected chi connectivity index (χ4v) is 1.50. The van der Waals surface area contributed by atoms with E-state index < -0.39 is 22.5 Å². The lowest BCUT2D eigenvalue weighted by molar-refractivity contribution is -0.384. The van der Waals surface area contributed by atoms with Crippen molar-refractivity contribution >= 4 is 11.4 Å². The van der Waals surface area contributed by atoms with Gasteiger partial charge in [0.1, 0.15) is 17.6 Å². The molecule has 0 aromatic carbocycles. The Balaban J connectivity index is 2.71. The number of pyridine rings is 1. The van der Waals surface area contributed by atoms with Gasteiger partial charge in [-0.15, -0.1) is 0 Å². The predicted octanol–water partition coefficient (Wildman–Crippen LogP) is 3.24. The van der Waals surface area contributed by atoms with Crippen LogP contribution in [0, 0.1) is 10.1 Å². The van der Waals surface area contributed by atoms with E-state index in [1.165, 1.54) is 0 Å². The summed E-state index contributed by atoms with van der Waals surface area (Å²) < 4.78 is 42.9. The van der Waals surface area contributed by atoms with E-state index in [0.29, 0.717) is 18.9 Å². The Morgan fingerprint density at radius 2 is 2.14 bits per heavy atom. The average Bonchev–Trinajstić information content (AvgIpc) is 2.41. The lowest BCUT2D eigenvalue weighted by Crippen LogP contribution is -2.14. The summed E-state index contributed by atoms with van der Waals surface area (Å²) in [6.07, 6.45) is -2.20. The van der Waals surface area contributed by atoms with Crippen LogP contribution >= 0.6 is 0 Å². The van der Waals surface area contributed by atoms with E-state index in [-0.39, 0.29) is 18.8 Å². The van der Waals surface area contributed by atoms with Gasteiger partial charge in [-0.3, -0.25) is 10.1 Å². The molecule has 0 saturated carbocycles. The Bertz CT molecular complexity index is 481. The van der Waals surface area contributed by atoms with Gasteiger partial charge in [-0.05, 0) is 12.5 Å². The van der Waals surface area contributed by atoms with Crippen LogP contribution in [0.4, 0.5) is 24.5 Å². The first-order valence-corrected chi connectivity index (χ1v) is 6.39. The highest BCUT2D eigenvalue weighted by atomic mass is 19.4. The number of aromatic nitrogens is 1. The minimum atomic E-state index is -4.65. The highest BCUT2D eigenvalue weighted by Gasteiger charge is 2.34. The summed E-state index contributed by atoms with van der Waals surface area (Å²) in [6, 6.07) is 0.629. The van der Waals surface area contributed by atoms with Gasteiger partial charge in [0.05, 0.1) is 11.5 Å². The molecule has 0 aliphatic carbocycles. The number of hydrogen-bond acceptors (Lipinski definition) is 5. The summed E-state index contributed by atoms with van der Waals surface area (Å²) in [6.45, 7) is 2.97. The van der Waals surface area contributed by atoms with Crippen LogP contribution < -0.4 is 5.32 Å². The molecule has 1 rings (SSSR count). The minimum absolute atomic E-state index is 0.172. The number of nitro groups is 1. The van der Waals surface area contributed by atoms with E-state index in [1.807, 2.05) is 6.92 Å². The molecule has 0 amide bonds. The van der Waals surface area contributed by atoms with Crippen LogP contribution in [-0.2, 0) is 10.9 Å². The zero-order valence-electron chi connectivity index (χ0n) is 11.4. The molecular weight excluding hydrogens is 291 g/mol. The first-order chi connectivity index (χ1) is 9.86. The Kier molecular flexibility index (Phi) is 6.35. The highest BCUT2D eigenvalue weighted by molar-refractivity contribution is 5.61. The van der Waals surface area contributed by atoms with Crippen molar-refractivity contribution in [1.29, 1.82) is 0 Å². The molecule has 0 aliphatic heterocycles. The zero-order valence-corrected chi connectivity index (χ0v) is 11.4. The smallest absolute Gasteiger partial charge is 0.380 e. The van der Waals surface area contributed by atoms with E-state index in [1.54, 1.807) is 0 Å². The molecule has 118 valence electrons. The molecule has 6 nitrogen and oxygen atoms in total.